The van der Waals surface area contributed by atoms with Crippen LogP contribution >= 0.6 is 0 Å². The fourth-order valence-electron chi connectivity index (χ4n) is 4.09. The van der Waals surface area contributed by atoms with Gasteiger partial charge in [-0.1, -0.05) is 54.6 Å². The number of carboxylic acids is 1. The molecular formula is C26H23N2NaO3. The predicted octanol–water partition coefficient (Wildman–Crippen LogP) is -0.227. The number of carbonyl (C=O) groups excluding carboxylic acids is 1. The van der Waals surface area contributed by atoms with Gasteiger partial charge in [0.2, 0.25) is 0 Å². The van der Waals surface area contributed by atoms with E-state index in [0.29, 0.717) is 12.1 Å². The van der Waals surface area contributed by atoms with Crippen LogP contribution in [0.2, 0.25) is 0 Å². The molecule has 0 unspecified atom stereocenters. The maximum Gasteiger partial charge on any atom is 1.00 e. The number of nitrogens with one attached hydrogen (secondary N) is 1. The van der Waals surface area contributed by atoms with Crippen molar-refractivity contribution in [2.45, 2.75) is 31.4 Å². The summed E-state index contributed by atoms with van der Waals surface area (Å²) in [6.07, 6.45) is 2.24. The topological polar surface area (TPSA) is 96.2 Å². The number of fused-ring (bicyclic) bond motifs is 1. The smallest absolute Gasteiger partial charge is 0.545 e. The maximum absolute atomic E-state index is 11.0. The van der Waals surface area contributed by atoms with E-state index in [1.165, 1.54) is 11.1 Å². The van der Waals surface area contributed by atoms with Crippen LogP contribution in [0.5, 0.6) is 0 Å². The van der Waals surface area contributed by atoms with E-state index in [0.717, 1.165) is 36.0 Å². The van der Waals surface area contributed by atoms with Crippen LogP contribution in [0.4, 0.5) is 0 Å². The molecule has 4 rings (SSSR count). The third-order valence-electron chi connectivity index (χ3n) is 5.91. The molecule has 0 saturated carbocycles. The van der Waals surface area contributed by atoms with E-state index < -0.39 is 12.1 Å². The zero-order valence-corrected chi connectivity index (χ0v) is 20.0. The van der Waals surface area contributed by atoms with Crippen molar-refractivity contribution < 1.29 is 44.6 Å². The van der Waals surface area contributed by atoms with E-state index in [1.54, 1.807) is 48.5 Å². The minimum Gasteiger partial charge on any atom is -0.545 e. The molecule has 3 aromatic rings. The number of hydrogen-bond acceptors (Lipinski definition) is 5. The van der Waals surface area contributed by atoms with Gasteiger partial charge in [-0.05, 0) is 64.8 Å². The van der Waals surface area contributed by atoms with E-state index in [-0.39, 0.29) is 41.2 Å². The number of benzene rings is 3. The van der Waals surface area contributed by atoms with Crippen molar-refractivity contribution in [3.8, 4) is 17.2 Å². The zero-order valence-electron chi connectivity index (χ0n) is 18.0. The van der Waals surface area contributed by atoms with Crippen LogP contribution in [-0.2, 0) is 12.8 Å². The molecule has 2 atom stereocenters. The third kappa shape index (κ3) is 5.66. The molecule has 3 aromatic carbocycles. The third-order valence-corrected chi connectivity index (χ3v) is 5.91. The number of aliphatic hydroxyl groups excluding tert-OH is 1. The van der Waals surface area contributed by atoms with Gasteiger partial charge in [0.1, 0.15) is 0 Å². The average Bonchev–Trinajstić information content (AvgIpc) is 2.82. The van der Waals surface area contributed by atoms with E-state index in [9.17, 15) is 15.0 Å². The first-order valence-electron chi connectivity index (χ1n) is 10.4. The molecule has 0 fully saturated rings. The van der Waals surface area contributed by atoms with Gasteiger partial charge in [0.15, 0.2) is 0 Å². The van der Waals surface area contributed by atoms with Crippen molar-refractivity contribution in [2.75, 3.05) is 6.54 Å². The molecule has 1 aliphatic rings. The van der Waals surface area contributed by atoms with Crippen molar-refractivity contribution in [3.63, 3.8) is 0 Å². The Morgan fingerprint density at radius 1 is 1.06 bits per heavy atom. The van der Waals surface area contributed by atoms with Crippen molar-refractivity contribution >= 4 is 5.97 Å². The van der Waals surface area contributed by atoms with Crippen molar-refractivity contribution in [1.29, 1.82) is 5.26 Å². The van der Waals surface area contributed by atoms with E-state index in [1.807, 2.05) is 0 Å². The van der Waals surface area contributed by atoms with Gasteiger partial charge < -0.3 is 20.3 Å². The number of nitrogens with zero attached hydrogens (tertiary/aromatic N) is 1. The number of nitriles is 1. The molecule has 156 valence electrons. The molecule has 32 heavy (non-hydrogen) atoms. The Balaban J connectivity index is 0.00000289. The van der Waals surface area contributed by atoms with Crippen molar-refractivity contribution in [1.82, 2.24) is 5.32 Å². The Morgan fingerprint density at radius 2 is 1.75 bits per heavy atom. The Morgan fingerprint density at radius 3 is 2.41 bits per heavy atom. The molecule has 5 nitrogen and oxygen atoms in total. The SMILES string of the molecule is N#Cc1ccc([C@@H](O)CN[C@H]2CCc3ccc(-c4ccc(C(=O)[O-])cc4)cc3C2)cc1.[Na+]. The van der Waals surface area contributed by atoms with Crippen LogP contribution in [0, 0.1) is 11.3 Å². The summed E-state index contributed by atoms with van der Waals surface area (Å²) >= 11 is 0. The summed E-state index contributed by atoms with van der Waals surface area (Å²) < 4.78 is 0. The van der Waals surface area contributed by atoms with Gasteiger partial charge in [-0.3, -0.25) is 0 Å². The van der Waals surface area contributed by atoms with Crippen LogP contribution in [-0.4, -0.2) is 23.7 Å². The molecule has 2 N–H and O–H groups in total. The summed E-state index contributed by atoms with van der Waals surface area (Å²) in [6.45, 7) is 0.455. The van der Waals surface area contributed by atoms with Gasteiger partial charge in [-0.25, -0.2) is 0 Å². The number of aliphatic hydroxyl groups is 1. The molecule has 0 aromatic heterocycles. The van der Waals surface area contributed by atoms with Crippen LogP contribution in [0.1, 0.15) is 45.1 Å². The van der Waals surface area contributed by atoms with Gasteiger partial charge in [0.25, 0.3) is 0 Å². The van der Waals surface area contributed by atoms with Crippen LogP contribution in [0.3, 0.4) is 0 Å². The first-order chi connectivity index (χ1) is 15.0. The normalized spacial score (nSPS) is 15.7. The quantitative estimate of drug-likeness (QED) is 0.523. The first-order valence-corrected chi connectivity index (χ1v) is 10.4. The monoisotopic (exact) mass is 434 g/mol. The van der Waals surface area contributed by atoms with E-state index >= 15 is 0 Å². The van der Waals surface area contributed by atoms with Gasteiger partial charge >= 0.3 is 29.6 Å². The Hall–Kier alpha value is -2.46. The molecule has 0 amide bonds. The zero-order chi connectivity index (χ0) is 21.8. The Labute approximate surface area is 210 Å². The summed E-state index contributed by atoms with van der Waals surface area (Å²) in [7, 11) is 0. The molecule has 0 heterocycles. The Bertz CT molecular complexity index is 1120. The number of rotatable bonds is 6. The summed E-state index contributed by atoms with van der Waals surface area (Å²) in [4.78, 5) is 11.0. The largest absolute Gasteiger partial charge is 1.00 e. The molecule has 0 radical (unpaired) electrons. The number of aryl methyl sites for hydroxylation is 1. The molecule has 0 bridgehead atoms. The van der Waals surface area contributed by atoms with E-state index in [4.69, 9.17) is 5.26 Å². The second-order valence-corrected chi connectivity index (χ2v) is 7.95. The predicted molar refractivity (Wildman–Crippen MR) is 116 cm³/mol. The molecule has 6 heteroatoms. The number of aromatic carboxylic acids is 1. The van der Waals surface area contributed by atoms with Crippen LogP contribution < -0.4 is 40.0 Å². The summed E-state index contributed by atoms with van der Waals surface area (Å²) in [6, 6.07) is 22.5. The summed E-state index contributed by atoms with van der Waals surface area (Å²) in [5, 5.41) is 33.8. The maximum atomic E-state index is 11.0. The van der Waals surface area contributed by atoms with Crippen molar-refractivity contribution in [2.24, 2.45) is 0 Å². The molecule has 1 aliphatic carbocycles. The fourth-order valence-corrected chi connectivity index (χ4v) is 4.09. The molecule has 0 spiro atoms. The van der Waals surface area contributed by atoms with E-state index in [2.05, 4.69) is 29.6 Å². The summed E-state index contributed by atoms with van der Waals surface area (Å²) in [5.74, 6) is -1.17. The number of carbonyl (C=O) groups is 1. The molecule has 0 saturated heterocycles. The van der Waals surface area contributed by atoms with Gasteiger partial charge in [-0.15, -0.1) is 0 Å². The summed E-state index contributed by atoms with van der Waals surface area (Å²) in [5.41, 5.74) is 6.19. The standard InChI is InChI=1S/C26H24N2O3.Na/c27-15-17-1-3-20(4-2-17)25(29)16-28-24-12-11-19-7-10-22(13-23(19)14-24)18-5-8-21(9-6-18)26(30)31;/h1-10,13,24-25,28-29H,11-12,14,16H2,(H,30,31);/q;+1/p-1/t24-,25-;/m0./s1. The molecule has 0 aliphatic heterocycles. The molecular weight excluding hydrogens is 411 g/mol. The Kier molecular flexibility index (Phi) is 8.25. The second-order valence-electron chi connectivity index (χ2n) is 7.95. The van der Waals surface area contributed by atoms with Gasteiger partial charge in [0.05, 0.1) is 23.7 Å². The fraction of sp³-hybridized carbons (Fsp3) is 0.231. The van der Waals surface area contributed by atoms with Crippen LogP contribution in [0.15, 0.2) is 66.7 Å². The van der Waals surface area contributed by atoms with Crippen LogP contribution in [0.25, 0.3) is 11.1 Å². The minimum atomic E-state index is -1.17. The second kappa shape index (κ2) is 10.9. The number of hydrogen-bond donors (Lipinski definition) is 2. The average molecular weight is 434 g/mol. The number of carboxylic acid groups (broad SMARTS) is 1. The minimum absolute atomic E-state index is 0. The van der Waals surface area contributed by atoms with Crippen molar-refractivity contribution in [3.05, 3.63) is 94.5 Å². The first kappa shape index (κ1) is 24.2. The van der Waals surface area contributed by atoms with Gasteiger partial charge in [0, 0.05) is 12.6 Å². The van der Waals surface area contributed by atoms with Gasteiger partial charge in [-0.2, -0.15) is 5.26 Å².